The standard InChI is InChI=1S/C12H14O2/c1-9(13)14-12-8-4-6-10-5-2-3-7-11(10)12/h2-3,5,7,12H,4,6,8H2,1H3. The van der Waals surface area contributed by atoms with E-state index in [9.17, 15) is 4.79 Å². The van der Waals surface area contributed by atoms with Crippen LogP contribution in [0.1, 0.15) is 37.0 Å². The van der Waals surface area contributed by atoms with Gasteiger partial charge in [-0.15, -0.1) is 0 Å². The Morgan fingerprint density at radius 3 is 3.00 bits per heavy atom. The first-order valence-electron chi connectivity index (χ1n) is 5.02. The summed E-state index contributed by atoms with van der Waals surface area (Å²) in [6.07, 6.45) is 3.15. The van der Waals surface area contributed by atoms with Gasteiger partial charge in [-0.2, -0.15) is 0 Å². The molecule has 0 aliphatic heterocycles. The number of ether oxygens (including phenoxy) is 1. The van der Waals surface area contributed by atoms with Crippen molar-refractivity contribution < 1.29 is 9.53 Å². The molecule has 1 aliphatic rings. The molecule has 2 nitrogen and oxygen atoms in total. The summed E-state index contributed by atoms with van der Waals surface area (Å²) in [5.74, 6) is -0.188. The van der Waals surface area contributed by atoms with Gasteiger partial charge >= 0.3 is 5.97 Å². The molecule has 1 aromatic rings. The lowest BCUT2D eigenvalue weighted by atomic mass is 9.89. The highest BCUT2D eigenvalue weighted by Gasteiger charge is 2.21. The predicted molar refractivity (Wildman–Crippen MR) is 53.9 cm³/mol. The van der Waals surface area contributed by atoms with Crippen LogP contribution in [0.5, 0.6) is 0 Å². The Morgan fingerprint density at radius 2 is 2.21 bits per heavy atom. The fraction of sp³-hybridized carbons (Fsp3) is 0.417. The smallest absolute Gasteiger partial charge is 0.303 e. The molecule has 0 heterocycles. The van der Waals surface area contributed by atoms with Crippen molar-refractivity contribution in [1.82, 2.24) is 0 Å². The second kappa shape index (κ2) is 3.82. The monoisotopic (exact) mass is 190 g/mol. The second-order valence-corrected chi connectivity index (χ2v) is 3.69. The van der Waals surface area contributed by atoms with Crippen LogP contribution in [0.4, 0.5) is 0 Å². The van der Waals surface area contributed by atoms with Gasteiger partial charge < -0.3 is 4.74 Å². The summed E-state index contributed by atoms with van der Waals surface area (Å²) in [6.45, 7) is 1.47. The zero-order chi connectivity index (χ0) is 9.97. The molecule has 1 atom stereocenters. The molecular formula is C12H14O2. The molecule has 74 valence electrons. The molecule has 0 radical (unpaired) electrons. The third-order valence-corrected chi connectivity index (χ3v) is 2.62. The van der Waals surface area contributed by atoms with Crippen molar-refractivity contribution in [3.63, 3.8) is 0 Å². The van der Waals surface area contributed by atoms with Crippen molar-refractivity contribution in [3.8, 4) is 0 Å². The maximum absolute atomic E-state index is 10.9. The molecule has 2 rings (SSSR count). The Hall–Kier alpha value is -1.31. The summed E-state index contributed by atoms with van der Waals surface area (Å²) in [7, 11) is 0. The molecule has 1 unspecified atom stereocenters. The Kier molecular flexibility index (Phi) is 2.53. The Labute approximate surface area is 83.9 Å². The van der Waals surface area contributed by atoms with Gasteiger partial charge in [0.05, 0.1) is 0 Å². The van der Waals surface area contributed by atoms with Crippen molar-refractivity contribution in [2.24, 2.45) is 0 Å². The summed E-state index contributed by atoms with van der Waals surface area (Å²) < 4.78 is 5.28. The summed E-state index contributed by atoms with van der Waals surface area (Å²) >= 11 is 0. The number of fused-ring (bicyclic) bond motifs is 1. The minimum Gasteiger partial charge on any atom is -0.458 e. The van der Waals surface area contributed by atoms with Crippen molar-refractivity contribution in [3.05, 3.63) is 35.4 Å². The van der Waals surface area contributed by atoms with Gasteiger partial charge in [0.2, 0.25) is 0 Å². The number of hydrogen-bond acceptors (Lipinski definition) is 2. The molecule has 0 fully saturated rings. The Balaban J connectivity index is 2.26. The molecule has 1 aromatic carbocycles. The minimum absolute atomic E-state index is 0.0163. The number of rotatable bonds is 1. The summed E-state index contributed by atoms with van der Waals surface area (Å²) in [5.41, 5.74) is 2.51. The predicted octanol–water partition coefficient (Wildman–Crippen LogP) is 2.63. The highest BCUT2D eigenvalue weighted by molar-refractivity contribution is 5.66. The van der Waals surface area contributed by atoms with E-state index in [1.165, 1.54) is 18.1 Å². The second-order valence-electron chi connectivity index (χ2n) is 3.69. The summed E-state index contributed by atoms with van der Waals surface area (Å²) in [6, 6.07) is 8.21. The van der Waals surface area contributed by atoms with Crippen molar-refractivity contribution in [2.75, 3.05) is 0 Å². The first kappa shape index (κ1) is 9.25. The molecule has 0 N–H and O–H groups in total. The SMILES string of the molecule is CC(=O)OC1CCCc2ccccc21. The van der Waals surface area contributed by atoms with Gasteiger partial charge in [-0.05, 0) is 30.4 Å². The van der Waals surface area contributed by atoms with Crippen molar-refractivity contribution in [2.45, 2.75) is 32.3 Å². The van der Waals surface area contributed by atoms with Gasteiger partial charge in [0.25, 0.3) is 0 Å². The fourth-order valence-corrected chi connectivity index (χ4v) is 2.03. The van der Waals surface area contributed by atoms with Gasteiger partial charge in [0, 0.05) is 6.92 Å². The lowest BCUT2D eigenvalue weighted by Gasteiger charge is -2.24. The summed E-state index contributed by atoms with van der Waals surface area (Å²) in [5, 5.41) is 0. The topological polar surface area (TPSA) is 26.3 Å². The lowest BCUT2D eigenvalue weighted by Crippen LogP contribution is -2.14. The number of carbonyl (C=O) groups excluding carboxylic acids is 1. The third kappa shape index (κ3) is 1.79. The molecule has 14 heavy (non-hydrogen) atoms. The molecule has 0 saturated carbocycles. The normalized spacial score (nSPS) is 19.9. The van der Waals surface area contributed by atoms with Crippen LogP contribution in [0.25, 0.3) is 0 Å². The van der Waals surface area contributed by atoms with Crippen LogP contribution in [0.15, 0.2) is 24.3 Å². The van der Waals surface area contributed by atoms with Crippen LogP contribution in [-0.2, 0) is 16.0 Å². The van der Waals surface area contributed by atoms with E-state index in [1.54, 1.807) is 0 Å². The van der Waals surface area contributed by atoms with Gasteiger partial charge in [-0.3, -0.25) is 4.79 Å². The maximum Gasteiger partial charge on any atom is 0.303 e. The number of aryl methyl sites for hydroxylation is 1. The van der Waals surface area contributed by atoms with E-state index in [2.05, 4.69) is 12.1 Å². The highest BCUT2D eigenvalue weighted by atomic mass is 16.5. The molecule has 0 amide bonds. The van der Waals surface area contributed by atoms with Crippen LogP contribution in [0.3, 0.4) is 0 Å². The van der Waals surface area contributed by atoms with E-state index in [1.807, 2.05) is 12.1 Å². The zero-order valence-electron chi connectivity index (χ0n) is 8.32. The average Bonchev–Trinajstić information content (AvgIpc) is 2.18. The molecule has 0 saturated heterocycles. The zero-order valence-corrected chi connectivity index (χ0v) is 8.32. The molecular weight excluding hydrogens is 176 g/mol. The maximum atomic E-state index is 10.9. The van der Waals surface area contributed by atoms with Crippen molar-refractivity contribution >= 4 is 5.97 Å². The summed E-state index contributed by atoms with van der Waals surface area (Å²) in [4.78, 5) is 10.9. The molecule has 0 spiro atoms. The van der Waals surface area contributed by atoms with Crippen LogP contribution in [-0.4, -0.2) is 5.97 Å². The molecule has 0 aromatic heterocycles. The van der Waals surface area contributed by atoms with Gasteiger partial charge in [-0.25, -0.2) is 0 Å². The fourth-order valence-electron chi connectivity index (χ4n) is 2.03. The van der Waals surface area contributed by atoms with Crippen LogP contribution >= 0.6 is 0 Å². The Bertz CT molecular complexity index is 344. The number of hydrogen-bond donors (Lipinski definition) is 0. The van der Waals surface area contributed by atoms with E-state index in [0.717, 1.165) is 19.3 Å². The van der Waals surface area contributed by atoms with Crippen molar-refractivity contribution in [1.29, 1.82) is 0 Å². The van der Waals surface area contributed by atoms with Gasteiger partial charge in [0.1, 0.15) is 6.10 Å². The van der Waals surface area contributed by atoms with E-state index >= 15 is 0 Å². The molecule has 2 heteroatoms. The molecule has 1 aliphatic carbocycles. The largest absolute Gasteiger partial charge is 0.458 e. The van der Waals surface area contributed by atoms with E-state index < -0.39 is 0 Å². The first-order valence-corrected chi connectivity index (χ1v) is 5.02. The van der Waals surface area contributed by atoms with Crippen LogP contribution in [0, 0.1) is 0 Å². The average molecular weight is 190 g/mol. The third-order valence-electron chi connectivity index (χ3n) is 2.62. The van der Waals surface area contributed by atoms with Crippen LogP contribution in [0.2, 0.25) is 0 Å². The van der Waals surface area contributed by atoms with Crippen LogP contribution < -0.4 is 0 Å². The van der Waals surface area contributed by atoms with Gasteiger partial charge in [0.15, 0.2) is 0 Å². The van der Waals surface area contributed by atoms with E-state index in [-0.39, 0.29) is 12.1 Å². The Morgan fingerprint density at radius 1 is 1.43 bits per heavy atom. The van der Waals surface area contributed by atoms with E-state index in [0.29, 0.717) is 0 Å². The number of carbonyl (C=O) groups is 1. The van der Waals surface area contributed by atoms with Gasteiger partial charge in [-0.1, -0.05) is 24.3 Å². The molecule has 0 bridgehead atoms. The number of benzene rings is 1. The number of esters is 1. The van der Waals surface area contributed by atoms with E-state index in [4.69, 9.17) is 4.74 Å². The minimum atomic E-state index is -0.188. The first-order chi connectivity index (χ1) is 6.77. The highest BCUT2D eigenvalue weighted by Crippen LogP contribution is 2.32. The lowest BCUT2D eigenvalue weighted by molar-refractivity contribution is -0.147. The quantitative estimate of drug-likeness (QED) is 0.636.